The van der Waals surface area contributed by atoms with Gasteiger partial charge in [-0.25, -0.2) is 4.79 Å². The Labute approximate surface area is 99.9 Å². The molecule has 1 radical (unpaired) electrons. The zero-order valence-electron chi connectivity index (χ0n) is 7.94. The molecule has 13 heavy (non-hydrogen) atoms. The quantitative estimate of drug-likeness (QED) is 0.392. The SMILES string of the molecule is C=C(C)C(=O)O.CCS(=O)(=O)O.[Na]. The summed E-state index contributed by atoms with van der Waals surface area (Å²) in [6.07, 6.45) is 0. The Morgan fingerprint density at radius 1 is 1.46 bits per heavy atom. The zero-order valence-corrected chi connectivity index (χ0v) is 10.8. The summed E-state index contributed by atoms with van der Waals surface area (Å²) in [6.45, 7) is 5.97. The van der Waals surface area contributed by atoms with Crippen LogP contribution in [0.2, 0.25) is 0 Å². The van der Waals surface area contributed by atoms with Crippen LogP contribution in [0.5, 0.6) is 0 Å². The summed E-state index contributed by atoms with van der Waals surface area (Å²) >= 11 is 0. The molecule has 0 heterocycles. The molecular weight excluding hydrogens is 207 g/mol. The van der Waals surface area contributed by atoms with Gasteiger partial charge in [0.15, 0.2) is 0 Å². The van der Waals surface area contributed by atoms with Crippen LogP contribution in [0.1, 0.15) is 13.8 Å². The summed E-state index contributed by atoms with van der Waals surface area (Å²) in [6, 6.07) is 0. The van der Waals surface area contributed by atoms with Gasteiger partial charge in [-0.3, -0.25) is 4.55 Å². The van der Waals surface area contributed by atoms with Crippen molar-refractivity contribution in [3.63, 3.8) is 0 Å². The van der Waals surface area contributed by atoms with Crippen LogP contribution in [0, 0.1) is 0 Å². The van der Waals surface area contributed by atoms with Crippen LogP contribution < -0.4 is 0 Å². The average molecular weight is 219 g/mol. The molecule has 0 aromatic heterocycles. The zero-order chi connectivity index (χ0) is 10.4. The van der Waals surface area contributed by atoms with Gasteiger partial charge >= 0.3 is 5.97 Å². The van der Waals surface area contributed by atoms with Crippen molar-refractivity contribution in [2.75, 3.05) is 5.75 Å². The summed E-state index contributed by atoms with van der Waals surface area (Å²) in [5, 5.41) is 7.89. The Morgan fingerprint density at radius 3 is 1.62 bits per heavy atom. The Hall–Kier alpha value is 0.120. The number of rotatable bonds is 2. The van der Waals surface area contributed by atoms with Crippen molar-refractivity contribution < 1.29 is 22.9 Å². The minimum absolute atomic E-state index is 0. The molecule has 0 rings (SSSR count). The van der Waals surface area contributed by atoms with Crippen LogP contribution in [0.3, 0.4) is 0 Å². The van der Waals surface area contributed by atoms with E-state index in [4.69, 9.17) is 9.66 Å². The van der Waals surface area contributed by atoms with Crippen molar-refractivity contribution in [3.05, 3.63) is 12.2 Å². The molecule has 0 fully saturated rings. The Kier molecular flexibility index (Phi) is 12.6. The molecule has 0 spiro atoms. The molecule has 0 atom stereocenters. The van der Waals surface area contributed by atoms with Gasteiger partial charge < -0.3 is 5.11 Å². The molecule has 0 bridgehead atoms. The minimum atomic E-state index is -3.66. The molecule has 2 N–H and O–H groups in total. The fourth-order valence-electron chi connectivity index (χ4n) is 0. The second kappa shape index (κ2) is 8.71. The van der Waals surface area contributed by atoms with Gasteiger partial charge in [-0.05, 0) is 13.8 Å². The molecule has 0 saturated heterocycles. The molecule has 0 unspecified atom stereocenters. The van der Waals surface area contributed by atoms with Gasteiger partial charge in [0.2, 0.25) is 0 Å². The number of aliphatic carboxylic acids is 1. The molecule has 0 saturated carbocycles. The Morgan fingerprint density at radius 2 is 1.62 bits per heavy atom. The molecule has 0 amide bonds. The van der Waals surface area contributed by atoms with Crippen LogP contribution in [-0.2, 0) is 14.9 Å². The van der Waals surface area contributed by atoms with Gasteiger partial charge in [-0.1, -0.05) is 6.58 Å². The first-order valence-electron chi connectivity index (χ1n) is 3.04. The molecule has 7 heteroatoms. The second-order valence-corrected chi connectivity index (χ2v) is 3.70. The summed E-state index contributed by atoms with van der Waals surface area (Å²) < 4.78 is 26.9. The first kappa shape index (κ1) is 18.8. The average Bonchev–Trinajstić information content (AvgIpc) is 1.87. The van der Waals surface area contributed by atoms with E-state index in [2.05, 4.69) is 6.58 Å². The molecule has 0 aromatic carbocycles. The van der Waals surface area contributed by atoms with Crippen LogP contribution in [0.4, 0.5) is 0 Å². The summed E-state index contributed by atoms with van der Waals surface area (Å²) in [5.41, 5.74) is 0.176. The van der Waals surface area contributed by atoms with E-state index in [0.717, 1.165) is 0 Å². The fraction of sp³-hybridized carbons (Fsp3) is 0.500. The number of hydrogen-bond donors (Lipinski definition) is 2. The van der Waals surface area contributed by atoms with Crippen molar-refractivity contribution in [1.82, 2.24) is 0 Å². The van der Waals surface area contributed by atoms with E-state index in [0.29, 0.717) is 0 Å². The molecule has 0 aliphatic rings. The third-order valence-electron chi connectivity index (χ3n) is 0.730. The van der Waals surface area contributed by atoms with Crippen LogP contribution in [0.15, 0.2) is 12.2 Å². The van der Waals surface area contributed by atoms with Crippen molar-refractivity contribution in [2.24, 2.45) is 0 Å². The van der Waals surface area contributed by atoms with E-state index >= 15 is 0 Å². The minimum Gasteiger partial charge on any atom is -0.478 e. The maximum Gasteiger partial charge on any atom is 0.330 e. The maximum atomic E-state index is 9.60. The van der Waals surface area contributed by atoms with Gasteiger partial charge in [-0.2, -0.15) is 8.42 Å². The van der Waals surface area contributed by atoms with Crippen molar-refractivity contribution >= 4 is 45.6 Å². The van der Waals surface area contributed by atoms with E-state index in [9.17, 15) is 13.2 Å². The van der Waals surface area contributed by atoms with E-state index in [1.165, 1.54) is 13.8 Å². The number of carbonyl (C=O) groups is 1. The van der Waals surface area contributed by atoms with E-state index < -0.39 is 16.1 Å². The first-order chi connectivity index (χ1) is 5.20. The maximum absolute atomic E-state index is 9.60. The molecule has 5 nitrogen and oxygen atoms in total. The first-order valence-corrected chi connectivity index (χ1v) is 4.65. The van der Waals surface area contributed by atoms with Gasteiger partial charge in [0.25, 0.3) is 10.1 Å². The molecule has 0 aliphatic carbocycles. The number of carboxylic acids is 1. The van der Waals surface area contributed by atoms with Gasteiger partial charge in [0, 0.05) is 35.1 Å². The third kappa shape index (κ3) is 24.5. The smallest absolute Gasteiger partial charge is 0.330 e. The Bertz CT molecular complexity index is 244. The topological polar surface area (TPSA) is 91.7 Å². The molecule has 73 valence electrons. The fourth-order valence-corrected chi connectivity index (χ4v) is 0. The second-order valence-electron chi connectivity index (χ2n) is 1.96. The molecular formula is C6H12NaO5S. The molecule has 0 aliphatic heterocycles. The summed E-state index contributed by atoms with van der Waals surface area (Å²) in [4.78, 5) is 9.60. The van der Waals surface area contributed by atoms with Crippen molar-refractivity contribution in [2.45, 2.75) is 13.8 Å². The van der Waals surface area contributed by atoms with E-state index in [1.54, 1.807) is 0 Å². The predicted molar refractivity (Wildman–Crippen MR) is 50.3 cm³/mol. The van der Waals surface area contributed by atoms with Crippen molar-refractivity contribution in [1.29, 1.82) is 0 Å². The van der Waals surface area contributed by atoms with Gasteiger partial charge in [-0.15, -0.1) is 0 Å². The summed E-state index contributed by atoms with van der Waals surface area (Å²) in [5.74, 6) is -1.14. The monoisotopic (exact) mass is 219 g/mol. The third-order valence-corrected chi connectivity index (χ3v) is 1.46. The van der Waals surface area contributed by atoms with E-state index in [1.807, 2.05) is 0 Å². The van der Waals surface area contributed by atoms with Crippen LogP contribution in [-0.4, -0.2) is 59.4 Å². The van der Waals surface area contributed by atoms with Crippen molar-refractivity contribution in [3.8, 4) is 0 Å². The summed E-state index contributed by atoms with van der Waals surface area (Å²) in [7, 11) is -3.66. The van der Waals surface area contributed by atoms with Crippen LogP contribution in [0.25, 0.3) is 0 Å². The molecule has 0 aromatic rings. The van der Waals surface area contributed by atoms with Gasteiger partial charge in [0.05, 0.1) is 5.75 Å². The normalized spacial score (nSPS) is 8.85. The number of carboxylic acid groups (broad SMARTS) is 1. The largest absolute Gasteiger partial charge is 0.478 e. The van der Waals surface area contributed by atoms with Crippen LogP contribution >= 0.6 is 0 Å². The number of hydrogen-bond acceptors (Lipinski definition) is 3. The predicted octanol–water partition coefficient (Wildman–Crippen LogP) is 0.160. The standard InChI is InChI=1S/C4H6O2.C2H6O3S.Na/c1-3(2)4(5)6;1-2-6(3,4)5;/h1H2,2H3,(H,5,6);2H2,1H3,(H,3,4,5);. The van der Waals surface area contributed by atoms with E-state index in [-0.39, 0.29) is 40.9 Å². The Balaban J connectivity index is -0.000000143. The van der Waals surface area contributed by atoms with Gasteiger partial charge in [0.1, 0.15) is 0 Å².